The summed E-state index contributed by atoms with van der Waals surface area (Å²) in [4.78, 5) is 0. The van der Waals surface area contributed by atoms with Crippen molar-refractivity contribution >= 4 is 17.8 Å². The quantitative estimate of drug-likeness (QED) is 0.0641. The van der Waals surface area contributed by atoms with Crippen molar-refractivity contribution in [1.29, 1.82) is 0 Å². The van der Waals surface area contributed by atoms with E-state index in [-0.39, 0.29) is 10.8 Å². The molecule has 0 heterocycles. The van der Waals surface area contributed by atoms with Crippen molar-refractivity contribution in [3.05, 3.63) is 107 Å². The van der Waals surface area contributed by atoms with Gasteiger partial charge in [-0.15, -0.1) is 0 Å². The van der Waals surface area contributed by atoms with Gasteiger partial charge in [0.1, 0.15) is 0 Å². The van der Waals surface area contributed by atoms with Gasteiger partial charge in [0, 0.05) is 10.8 Å². The SMILES string of the molecule is CCCCCCC1(CCCCCC)c2ccccc2-c2ccc(B(O)c3ccc4c(c3)C(CCCCCC)(CCCCCC)c3ccccc3-4)cc21. The van der Waals surface area contributed by atoms with Crippen molar-refractivity contribution in [2.45, 2.75) is 167 Å². The molecule has 1 nitrogen and oxygen atoms in total. The van der Waals surface area contributed by atoms with Crippen LogP contribution in [0.3, 0.4) is 0 Å². The fourth-order valence-electron chi connectivity index (χ4n) is 10.2. The van der Waals surface area contributed by atoms with Gasteiger partial charge in [0.25, 0.3) is 0 Å². The van der Waals surface area contributed by atoms with Crippen LogP contribution < -0.4 is 10.9 Å². The second-order valence-corrected chi connectivity index (χ2v) is 16.5. The normalized spacial score (nSPS) is 14.6. The lowest BCUT2D eigenvalue weighted by atomic mass is 9.54. The summed E-state index contributed by atoms with van der Waals surface area (Å²) in [5.41, 5.74) is 13.7. The summed E-state index contributed by atoms with van der Waals surface area (Å²) >= 11 is 0. The van der Waals surface area contributed by atoms with Crippen LogP contribution in [0.4, 0.5) is 0 Å². The van der Waals surface area contributed by atoms with E-state index in [1.165, 1.54) is 173 Å². The summed E-state index contributed by atoms with van der Waals surface area (Å²) in [6, 6.07) is 32.5. The number of hydrogen-bond acceptors (Lipinski definition) is 1. The lowest BCUT2D eigenvalue weighted by Gasteiger charge is -2.34. The number of benzene rings is 4. The van der Waals surface area contributed by atoms with Crippen LogP contribution in [0.1, 0.15) is 178 Å². The zero-order valence-electron chi connectivity index (χ0n) is 33.2. The van der Waals surface area contributed by atoms with E-state index >= 15 is 0 Å². The predicted molar refractivity (Wildman–Crippen MR) is 228 cm³/mol. The minimum Gasteiger partial charge on any atom is -0.443 e. The van der Waals surface area contributed by atoms with Crippen molar-refractivity contribution in [3.63, 3.8) is 0 Å². The Morgan fingerprint density at radius 3 is 1.06 bits per heavy atom. The molecule has 2 aliphatic rings. The van der Waals surface area contributed by atoms with Crippen molar-refractivity contribution < 1.29 is 5.02 Å². The second-order valence-electron chi connectivity index (χ2n) is 16.5. The van der Waals surface area contributed by atoms with Crippen molar-refractivity contribution in [2.24, 2.45) is 0 Å². The first-order chi connectivity index (χ1) is 25.5. The molecule has 0 bridgehead atoms. The van der Waals surface area contributed by atoms with Crippen LogP contribution in [0.15, 0.2) is 84.9 Å². The second kappa shape index (κ2) is 18.3. The predicted octanol–water partition coefficient (Wildman–Crippen LogP) is 13.2. The van der Waals surface area contributed by atoms with E-state index in [1.807, 2.05) is 0 Å². The zero-order chi connectivity index (χ0) is 36.4. The van der Waals surface area contributed by atoms with Crippen molar-refractivity contribution in [1.82, 2.24) is 0 Å². The highest BCUT2D eigenvalue weighted by molar-refractivity contribution is 6.79. The third kappa shape index (κ3) is 7.75. The Labute approximate surface area is 318 Å². The average Bonchev–Trinajstić information content (AvgIpc) is 3.61. The van der Waals surface area contributed by atoms with Gasteiger partial charge in [-0.2, -0.15) is 0 Å². The highest BCUT2D eigenvalue weighted by Gasteiger charge is 2.44. The third-order valence-corrected chi connectivity index (χ3v) is 13.0. The lowest BCUT2D eigenvalue weighted by molar-refractivity contribution is 0.401. The Kier molecular flexibility index (Phi) is 13.6. The van der Waals surface area contributed by atoms with Crippen LogP contribution in [0.5, 0.6) is 0 Å². The maximum absolute atomic E-state index is 12.4. The Morgan fingerprint density at radius 2 is 0.712 bits per heavy atom. The molecule has 0 aliphatic heterocycles. The molecule has 0 aromatic heterocycles. The minimum atomic E-state index is -0.654. The summed E-state index contributed by atoms with van der Waals surface area (Å²) in [6.07, 6.45) is 25.2. The van der Waals surface area contributed by atoms with Crippen LogP contribution in [0.25, 0.3) is 22.3 Å². The van der Waals surface area contributed by atoms with E-state index in [4.69, 9.17) is 0 Å². The molecule has 2 aliphatic carbocycles. The first-order valence-electron chi connectivity index (χ1n) is 21.7. The molecule has 4 aromatic rings. The lowest BCUT2D eigenvalue weighted by Crippen LogP contribution is -2.43. The van der Waals surface area contributed by atoms with Gasteiger partial charge in [0.2, 0.25) is 0 Å². The molecule has 6 rings (SSSR count). The van der Waals surface area contributed by atoms with E-state index in [2.05, 4.69) is 113 Å². The number of hydrogen-bond donors (Lipinski definition) is 1. The maximum Gasteiger partial charge on any atom is 0.358 e. The van der Waals surface area contributed by atoms with E-state index in [0.717, 1.165) is 10.9 Å². The Hall–Kier alpha value is -3.10. The van der Waals surface area contributed by atoms with Gasteiger partial charge in [-0.3, -0.25) is 0 Å². The van der Waals surface area contributed by atoms with Crippen LogP contribution in [0.2, 0.25) is 0 Å². The fraction of sp³-hybridized carbons (Fsp3) is 0.520. The Balaban J connectivity index is 1.39. The molecule has 0 spiro atoms. The first-order valence-corrected chi connectivity index (χ1v) is 21.7. The molecule has 4 aromatic carbocycles. The highest BCUT2D eigenvalue weighted by Crippen LogP contribution is 2.55. The van der Waals surface area contributed by atoms with Gasteiger partial charge in [-0.05, 0) is 81.1 Å². The van der Waals surface area contributed by atoms with Crippen LogP contribution >= 0.6 is 0 Å². The fourth-order valence-corrected chi connectivity index (χ4v) is 10.2. The molecular weight excluding hydrogens is 627 g/mol. The highest BCUT2D eigenvalue weighted by atomic mass is 16.2. The standard InChI is InChI=1S/C50H67BO/c1-5-9-13-21-33-49(34-22-14-10-6-2)45-27-19-17-25-41(45)43-31-29-39(37-47(43)49)51(52)40-30-32-44-42-26-18-20-28-46(42)50(48(44)38-40,35-23-15-11-7-3)36-24-16-12-8-4/h17-20,25-32,37-38,52H,5-16,21-24,33-36H2,1-4H3. The van der Waals surface area contributed by atoms with E-state index in [9.17, 15) is 5.02 Å². The number of unbranched alkanes of at least 4 members (excludes halogenated alkanes) is 12. The minimum absolute atomic E-state index is 0.0227. The summed E-state index contributed by atoms with van der Waals surface area (Å²) in [5.74, 6) is 0. The van der Waals surface area contributed by atoms with Crippen LogP contribution in [-0.4, -0.2) is 11.9 Å². The van der Waals surface area contributed by atoms with E-state index < -0.39 is 6.92 Å². The molecule has 0 atom stereocenters. The molecule has 52 heavy (non-hydrogen) atoms. The van der Waals surface area contributed by atoms with Gasteiger partial charge < -0.3 is 5.02 Å². The van der Waals surface area contributed by atoms with Crippen molar-refractivity contribution in [3.8, 4) is 22.3 Å². The van der Waals surface area contributed by atoms with E-state index in [1.54, 1.807) is 0 Å². The van der Waals surface area contributed by atoms with Gasteiger partial charge in [-0.1, -0.05) is 215 Å². The van der Waals surface area contributed by atoms with E-state index in [0.29, 0.717) is 0 Å². The van der Waals surface area contributed by atoms with Gasteiger partial charge in [0.05, 0.1) is 0 Å². The third-order valence-electron chi connectivity index (χ3n) is 13.0. The first kappa shape index (κ1) is 38.6. The molecule has 0 unspecified atom stereocenters. The summed E-state index contributed by atoms with van der Waals surface area (Å²) in [5, 5.41) is 12.4. The summed E-state index contributed by atoms with van der Waals surface area (Å²) < 4.78 is 0. The smallest absolute Gasteiger partial charge is 0.358 e. The molecule has 0 fully saturated rings. The molecular formula is C50H67BO. The van der Waals surface area contributed by atoms with Gasteiger partial charge in [0.15, 0.2) is 0 Å². The molecule has 0 radical (unpaired) electrons. The summed E-state index contributed by atoms with van der Waals surface area (Å²) in [6.45, 7) is 8.60. The molecule has 1 N–H and O–H groups in total. The zero-order valence-corrected chi connectivity index (χ0v) is 33.2. The molecule has 0 saturated heterocycles. The molecule has 0 saturated carbocycles. The number of fused-ring (bicyclic) bond motifs is 6. The van der Waals surface area contributed by atoms with Crippen LogP contribution in [0, 0.1) is 0 Å². The van der Waals surface area contributed by atoms with Crippen molar-refractivity contribution in [2.75, 3.05) is 0 Å². The maximum atomic E-state index is 12.4. The van der Waals surface area contributed by atoms with Gasteiger partial charge in [-0.25, -0.2) is 0 Å². The Bertz CT molecular complexity index is 1580. The number of rotatable bonds is 22. The average molecular weight is 695 g/mol. The topological polar surface area (TPSA) is 20.2 Å². The molecule has 276 valence electrons. The van der Waals surface area contributed by atoms with Crippen LogP contribution in [-0.2, 0) is 10.8 Å². The summed E-state index contributed by atoms with van der Waals surface area (Å²) in [7, 11) is 0. The largest absolute Gasteiger partial charge is 0.443 e. The molecule has 0 amide bonds. The molecule has 2 heteroatoms. The Morgan fingerprint density at radius 1 is 0.385 bits per heavy atom. The van der Waals surface area contributed by atoms with Gasteiger partial charge >= 0.3 is 6.92 Å². The monoisotopic (exact) mass is 695 g/mol.